The Morgan fingerprint density at radius 2 is 1.93 bits per heavy atom. The molecule has 30 heavy (non-hydrogen) atoms. The van der Waals surface area contributed by atoms with Crippen LogP contribution in [0, 0.1) is 40.4 Å². The summed E-state index contributed by atoms with van der Waals surface area (Å²) in [6, 6.07) is 0. The summed E-state index contributed by atoms with van der Waals surface area (Å²) in [7, 11) is 0. The van der Waals surface area contributed by atoms with Crippen LogP contribution in [0.5, 0.6) is 0 Å². The van der Waals surface area contributed by atoms with E-state index in [4.69, 9.17) is 4.74 Å². The van der Waals surface area contributed by atoms with Crippen LogP contribution in [0.25, 0.3) is 0 Å². The molecule has 0 aliphatic heterocycles. The van der Waals surface area contributed by atoms with Crippen LogP contribution in [0.1, 0.15) is 72.6 Å². The lowest BCUT2D eigenvalue weighted by molar-refractivity contribution is -0.202. The van der Waals surface area contributed by atoms with Crippen molar-refractivity contribution in [2.45, 2.75) is 84.3 Å². The number of ketones is 2. The zero-order valence-corrected chi connectivity index (χ0v) is 18.6. The first-order chi connectivity index (χ1) is 13.9. The second-order valence-electron chi connectivity index (χ2n) is 11.1. The van der Waals surface area contributed by atoms with E-state index >= 15 is 0 Å². The molecule has 4 rings (SSSR count). The van der Waals surface area contributed by atoms with Crippen molar-refractivity contribution in [2.75, 3.05) is 6.61 Å². The predicted octanol–water partition coefficient (Wildman–Crippen LogP) is 2.68. The number of hydrogen-bond acceptors (Lipinski definition) is 6. The normalized spacial score (nSPS) is 50.3. The van der Waals surface area contributed by atoms with Crippen LogP contribution in [0.2, 0.25) is 0 Å². The maximum atomic E-state index is 13.1. The van der Waals surface area contributed by atoms with Gasteiger partial charge in [0.1, 0.15) is 11.4 Å². The average Bonchev–Trinajstić information content (AvgIpc) is 2.87. The molecule has 0 aromatic heterocycles. The lowest BCUT2D eigenvalue weighted by Crippen LogP contribution is -2.64. The van der Waals surface area contributed by atoms with Crippen LogP contribution in [-0.4, -0.2) is 46.1 Å². The minimum atomic E-state index is -1.61. The van der Waals surface area contributed by atoms with Gasteiger partial charge >= 0.3 is 5.97 Å². The van der Waals surface area contributed by atoms with E-state index in [1.807, 2.05) is 13.8 Å². The van der Waals surface area contributed by atoms with Crippen molar-refractivity contribution in [2.24, 2.45) is 40.4 Å². The van der Waals surface area contributed by atoms with E-state index < -0.39 is 35.5 Å². The third-order valence-electron chi connectivity index (χ3n) is 9.83. The molecule has 4 aliphatic rings. The third kappa shape index (κ3) is 2.85. The molecular formula is C24H36O6. The van der Waals surface area contributed by atoms with Crippen molar-refractivity contribution in [1.82, 2.24) is 0 Å². The third-order valence-corrected chi connectivity index (χ3v) is 9.83. The number of hydrogen-bond donors (Lipinski definition) is 2. The monoisotopic (exact) mass is 420 g/mol. The zero-order chi connectivity index (χ0) is 22.1. The highest BCUT2D eigenvalue weighted by Crippen LogP contribution is 2.69. The van der Waals surface area contributed by atoms with Crippen LogP contribution in [0.4, 0.5) is 0 Å². The van der Waals surface area contributed by atoms with E-state index in [0.717, 1.165) is 25.7 Å². The topological polar surface area (TPSA) is 101 Å². The molecule has 4 fully saturated rings. The Morgan fingerprint density at radius 1 is 1.23 bits per heavy atom. The largest absolute Gasteiger partial charge is 0.458 e. The summed E-state index contributed by atoms with van der Waals surface area (Å²) in [5.74, 6) is -0.146. The number of carbonyl (C=O) groups is 3. The van der Waals surface area contributed by atoms with Gasteiger partial charge in [0.15, 0.2) is 6.61 Å². The summed E-state index contributed by atoms with van der Waals surface area (Å²) < 4.78 is 4.94. The molecule has 0 aromatic carbocycles. The number of aliphatic hydroxyl groups is 2. The predicted molar refractivity (Wildman–Crippen MR) is 109 cm³/mol. The van der Waals surface area contributed by atoms with Gasteiger partial charge in [-0.15, -0.1) is 0 Å². The standard InChI is InChI=1S/C24H36O6/c1-13-9-18-17-6-5-15-10-16(26)7-8-22(15,3)21(17)19(27)11-23(18,4)24(13,29)20(28)12-30-14(2)25/h13,15,17-19,21,27,29H,5-12H2,1-4H3/t13?,15?,17-,18-,19?,21+,22-,23-,24-/m0/s1. The molecule has 4 saturated carbocycles. The van der Waals surface area contributed by atoms with Crippen LogP contribution in [0.3, 0.4) is 0 Å². The number of rotatable bonds is 3. The van der Waals surface area contributed by atoms with Crippen molar-refractivity contribution in [3.63, 3.8) is 0 Å². The Labute approximate surface area is 178 Å². The van der Waals surface area contributed by atoms with Gasteiger partial charge in [-0.05, 0) is 67.1 Å². The molecule has 0 heterocycles. The first-order valence-corrected chi connectivity index (χ1v) is 11.5. The molecule has 2 N–H and O–H groups in total. The molecule has 0 saturated heterocycles. The van der Waals surface area contributed by atoms with E-state index in [0.29, 0.717) is 31.0 Å². The molecule has 9 atom stereocenters. The van der Waals surface area contributed by atoms with Crippen molar-refractivity contribution >= 4 is 17.5 Å². The SMILES string of the molecule is CC(=O)OCC(=O)[C@@]1(O)C(C)C[C@H]2[C@@H]3CCC4CC(=O)CC[C@]4(C)[C@H]3C(O)C[C@@]21C. The molecule has 6 nitrogen and oxygen atoms in total. The van der Waals surface area contributed by atoms with Crippen molar-refractivity contribution < 1.29 is 29.3 Å². The molecule has 0 aromatic rings. The van der Waals surface area contributed by atoms with Gasteiger partial charge in [-0.3, -0.25) is 14.4 Å². The number of carbonyl (C=O) groups excluding carboxylic acids is 3. The molecule has 6 heteroatoms. The van der Waals surface area contributed by atoms with E-state index in [1.54, 1.807) is 0 Å². The Morgan fingerprint density at radius 3 is 2.60 bits per heavy atom. The fourth-order valence-electron chi connectivity index (χ4n) is 8.38. The van der Waals surface area contributed by atoms with Crippen molar-refractivity contribution in [3.8, 4) is 0 Å². The maximum absolute atomic E-state index is 13.1. The number of Topliss-reactive ketones (excluding diaryl/α,β-unsaturated/α-hetero) is 2. The number of aliphatic hydroxyl groups excluding tert-OH is 1. The molecule has 168 valence electrons. The summed E-state index contributed by atoms with van der Waals surface area (Å²) in [5.41, 5.74) is -2.43. The number of fused-ring (bicyclic) bond motifs is 5. The molecule has 0 bridgehead atoms. The summed E-state index contributed by atoms with van der Waals surface area (Å²) in [5, 5.41) is 23.2. The van der Waals surface area contributed by atoms with Gasteiger partial charge in [-0.2, -0.15) is 0 Å². The van der Waals surface area contributed by atoms with Crippen LogP contribution >= 0.6 is 0 Å². The summed E-state index contributed by atoms with van der Waals surface area (Å²) in [6.45, 7) is 6.94. The summed E-state index contributed by atoms with van der Waals surface area (Å²) >= 11 is 0. The van der Waals surface area contributed by atoms with Gasteiger partial charge in [0, 0.05) is 25.2 Å². The first-order valence-electron chi connectivity index (χ1n) is 11.5. The molecular weight excluding hydrogens is 384 g/mol. The Kier molecular flexibility index (Phi) is 5.21. The molecule has 0 radical (unpaired) electrons. The summed E-state index contributed by atoms with van der Waals surface area (Å²) in [6.07, 6.45) is 4.41. The smallest absolute Gasteiger partial charge is 0.303 e. The Balaban J connectivity index is 1.67. The summed E-state index contributed by atoms with van der Waals surface area (Å²) in [4.78, 5) is 36.4. The minimum absolute atomic E-state index is 0.0662. The molecule has 0 spiro atoms. The average molecular weight is 421 g/mol. The van der Waals surface area contributed by atoms with Gasteiger partial charge < -0.3 is 14.9 Å². The van der Waals surface area contributed by atoms with Crippen LogP contribution in [0.15, 0.2) is 0 Å². The zero-order valence-electron chi connectivity index (χ0n) is 18.6. The van der Waals surface area contributed by atoms with Gasteiger partial charge in [0.2, 0.25) is 5.78 Å². The Hall–Kier alpha value is -1.27. The first kappa shape index (κ1) is 21.9. The quantitative estimate of drug-likeness (QED) is 0.681. The fourth-order valence-corrected chi connectivity index (χ4v) is 8.38. The second kappa shape index (κ2) is 7.13. The maximum Gasteiger partial charge on any atom is 0.303 e. The lowest BCUT2D eigenvalue weighted by atomic mass is 9.43. The number of esters is 1. The van der Waals surface area contributed by atoms with Gasteiger partial charge in [0.05, 0.1) is 6.10 Å². The van der Waals surface area contributed by atoms with E-state index in [9.17, 15) is 24.6 Å². The van der Waals surface area contributed by atoms with E-state index in [2.05, 4.69) is 6.92 Å². The molecule has 4 aliphatic carbocycles. The highest BCUT2D eigenvalue weighted by Gasteiger charge is 2.71. The lowest BCUT2D eigenvalue weighted by Gasteiger charge is -2.62. The Bertz CT molecular complexity index is 763. The van der Waals surface area contributed by atoms with Crippen LogP contribution < -0.4 is 0 Å². The van der Waals surface area contributed by atoms with Gasteiger partial charge in [0.25, 0.3) is 0 Å². The number of ether oxygens (including phenoxy) is 1. The molecule has 0 amide bonds. The van der Waals surface area contributed by atoms with E-state index in [1.165, 1.54) is 6.92 Å². The highest BCUT2D eigenvalue weighted by atomic mass is 16.5. The van der Waals surface area contributed by atoms with Crippen LogP contribution in [-0.2, 0) is 19.1 Å². The molecule has 3 unspecified atom stereocenters. The van der Waals surface area contributed by atoms with Crippen molar-refractivity contribution in [1.29, 1.82) is 0 Å². The second-order valence-corrected chi connectivity index (χ2v) is 11.1. The van der Waals surface area contributed by atoms with Gasteiger partial charge in [-0.25, -0.2) is 0 Å². The fraction of sp³-hybridized carbons (Fsp3) is 0.875. The van der Waals surface area contributed by atoms with Crippen molar-refractivity contribution in [3.05, 3.63) is 0 Å². The van der Waals surface area contributed by atoms with Gasteiger partial charge in [-0.1, -0.05) is 20.8 Å². The highest BCUT2D eigenvalue weighted by molar-refractivity contribution is 5.91. The minimum Gasteiger partial charge on any atom is -0.458 e. The van der Waals surface area contributed by atoms with E-state index in [-0.39, 0.29) is 29.1 Å².